The molecule has 2 aromatic carbocycles. The van der Waals surface area contributed by atoms with E-state index in [-0.39, 0.29) is 18.4 Å². The van der Waals surface area contributed by atoms with E-state index in [1.54, 1.807) is 28.4 Å². The first-order chi connectivity index (χ1) is 15.1. The van der Waals surface area contributed by atoms with E-state index < -0.39 is 0 Å². The molecule has 0 aliphatic rings. The summed E-state index contributed by atoms with van der Waals surface area (Å²) in [6.45, 7) is 3.78. The molecule has 0 aliphatic heterocycles. The number of halogens is 1. The van der Waals surface area contributed by atoms with Crippen molar-refractivity contribution in [1.82, 2.24) is 9.80 Å². The standard InChI is InChI=1S/C25H27BrN2O2S/c1-2-3-14-27(25(30)21-11-7-12-22(26)16-21)19-24(29)28(18-23-13-8-15-31-23)17-20-9-5-4-6-10-20/h4-13,15-16H,2-3,14,17-19H2,1H3. The van der Waals surface area contributed by atoms with Crippen LogP contribution < -0.4 is 0 Å². The van der Waals surface area contributed by atoms with Gasteiger partial charge in [0, 0.05) is 28.0 Å². The first kappa shape index (κ1) is 23.2. The molecule has 31 heavy (non-hydrogen) atoms. The topological polar surface area (TPSA) is 40.6 Å². The molecule has 0 spiro atoms. The van der Waals surface area contributed by atoms with E-state index in [1.165, 1.54) is 0 Å². The van der Waals surface area contributed by atoms with Gasteiger partial charge in [0.05, 0.1) is 6.54 Å². The molecule has 162 valence electrons. The third-order valence-corrected chi connectivity index (χ3v) is 6.32. The van der Waals surface area contributed by atoms with Crippen LogP contribution in [-0.4, -0.2) is 34.7 Å². The minimum Gasteiger partial charge on any atom is -0.332 e. The Hall–Kier alpha value is -2.44. The van der Waals surface area contributed by atoms with Gasteiger partial charge in [-0.3, -0.25) is 9.59 Å². The van der Waals surface area contributed by atoms with Crippen molar-refractivity contribution < 1.29 is 9.59 Å². The van der Waals surface area contributed by atoms with E-state index in [0.29, 0.717) is 25.2 Å². The third-order valence-electron chi connectivity index (χ3n) is 4.96. The number of hydrogen-bond acceptors (Lipinski definition) is 3. The third kappa shape index (κ3) is 7.04. The predicted octanol–water partition coefficient (Wildman–Crippen LogP) is 5.98. The summed E-state index contributed by atoms with van der Waals surface area (Å²) in [6.07, 6.45) is 1.82. The van der Waals surface area contributed by atoms with Crippen LogP contribution in [0.5, 0.6) is 0 Å². The zero-order valence-corrected chi connectivity index (χ0v) is 20.1. The van der Waals surface area contributed by atoms with Crippen molar-refractivity contribution in [3.05, 3.63) is 92.6 Å². The summed E-state index contributed by atoms with van der Waals surface area (Å²) in [7, 11) is 0. The molecule has 0 bridgehead atoms. The Bertz CT molecular complexity index is 976. The molecule has 4 nitrogen and oxygen atoms in total. The minimum absolute atomic E-state index is 0.0447. The van der Waals surface area contributed by atoms with Gasteiger partial charge < -0.3 is 9.80 Å². The Labute approximate surface area is 196 Å². The summed E-state index contributed by atoms with van der Waals surface area (Å²) in [6, 6.07) is 21.3. The first-order valence-corrected chi connectivity index (χ1v) is 12.1. The van der Waals surface area contributed by atoms with E-state index in [1.807, 2.05) is 64.9 Å². The molecule has 0 saturated heterocycles. The van der Waals surface area contributed by atoms with Gasteiger partial charge in [0.25, 0.3) is 5.91 Å². The second-order valence-corrected chi connectivity index (χ2v) is 9.35. The SMILES string of the molecule is CCCCN(CC(=O)N(Cc1ccccc1)Cc1cccs1)C(=O)c1cccc(Br)c1. The summed E-state index contributed by atoms with van der Waals surface area (Å²) < 4.78 is 0.850. The Kier molecular flexibility index (Phi) is 8.85. The smallest absolute Gasteiger partial charge is 0.254 e. The van der Waals surface area contributed by atoms with E-state index >= 15 is 0 Å². The monoisotopic (exact) mass is 498 g/mol. The lowest BCUT2D eigenvalue weighted by Crippen LogP contribution is -2.42. The molecular formula is C25H27BrN2O2S. The highest BCUT2D eigenvalue weighted by atomic mass is 79.9. The summed E-state index contributed by atoms with van der Waals surface area (Å²) >= 11 is 5.07. The van der Waals surface area contributed by atoms with Crippen LogP contribution in [0.4, 0.5) is 0 Å². The number of thiophene rings is 1. The number of carbonyl (C=O) groups excluding carboxylic acids is 2. The fourth-order valence-electron chi connectivity index (χ4n) is 3.30. The van der Waals surface area contributed by atoms with Gasteiger partial charge in [-0.15, -0.1) is 11.3 Å². The van der Waals surface area contributed by atoms with Crippen molar-refractivity contribution in [2.75, 3.05) is 13.1 Å². The van der Waals surface area contributed by atoms with Gasteiger partial charge in [-0.1, -0.05) is 71.7 Å². The largest absolute Gasteiger partial charge is 0.332 e. The highest BCUT2D eigenvalue weighted by Gasteiger charge is 2.23. The van der Waals surface area contributed by atoms with Crippen molar-refractivity contribution >= 4 is 39.1 Å². The maximum Gasteiger partial charge on any atom is 0.254 e. The van der Waals surface area contributed by atoms with E-state index in [4.69, 9.17) is 0 Å². The van der Waals surface area contributed by atoms with Gasteiger partial charge in [-0.05, 0) is 41.6 Å². The number of amides is 2. The zero-order valence-electron chi connectivity index (χ0n) is 17.7. The van der Waals surface area contributed by atoms with E-state index in [2.05, 4.69) is 22.9 Å². The molecule has 1 heterocycles. The maximum absolute atomic E-state index is 13.4. The average Bonchev–Trinajstić information content (AvgIpc) is 3.29. The van der Waals surface area contributed by atoms with Crippen LogP contribution in [-0.2, 0) is 17.9 Å². The summed E-state index contributed by atoms with van der Waals surface area (Å²) in [5.41, 5.74) is 1.66. The average molecular weight is 499 g/mol. The lowest BCUT2D eigenvalue weighted by Gasteiger charge is -2.28. The predicted molar refractivity (Wildman–Crippen MR) is 130 cm³/mol. The van der Waals surface area contributed by atoms with Crippen molar-refractivity contribution in [2.45, 2.75) is 32.9 Å². The Morgan fingerprint density at radius 3 is 2.42 bits per heavy atom. The Morgan fingerprint density at radius 1 is 0.935 bits per heavy atom. The molecule has 0 aliphatic carbocycles. The van der Waals surface area contributed by atoms with Crippen molar-refractivity contribution in [3.8, 4) is 0 Å². The molecule has 0 N–H and O–H groups in total. The molecule has 0 atom stereocenters. The molecule has 0 saturated carbocycles. The van der Waals surface area contributed by atoms with Crippen LogP contribution >= 0.6 is 27.3 Å². The lowest BCUT2D eigenvalue weighted by molar-refractivity contribution is -0.133. The van der Waals surface area contributed by atoms with Crippen LogP contribution in [0.2, 0.25) is 0 Å². The van der Waals surface area contributed by atoms with Gasteiger partial charge in [0.2, 0.25) is 5.91 Å². The molecule has 0 radical (unpaired) electrons. The molecular weight excluding hydrogens is 472 g/mol. The van der Waals surface area contributed by atoms with Crippen molar-refractivity contribution in [2.24, 2.45) is 0 Å². The number of rotatable bonds is 10. The molecule has 3 aromatic rings. The fraction of sp³-hybridized carbons (Fsp3) is 0.280. The lowest BCUT2D eigenvalue weighted by atomic mass is 10.1. The van der Waals surface area contributed by atoms with E-state index in [9.17, 15) is 9.59 Å². The number of benzene rings is 2. The molecule has 3 rings (SSSR count). The van der Waals surface area contributed by atoms with E-state index in [0.717, 1.165) is 27.8 Å². The number of hydrogen-bond donors (Lipinski definition) is 0. The Morgan fingerprint density at radius 2 is 1.74 bits per heavy atom. The minimum atomic E-state index is -0.112. The number of carbonyl (C=O) groups is 2. The van der Waals surface area contributed by atoms with Crippen LogP contribution in [0.15, 0.2) is 76.6 Å². The Balaban J connectivity index is 1.78. The van der Waals surface area contributed by atoms with Crippen molar-refractivity contribution in [1.29, 1.82) is 0 Å². The van der Waals surface area contributed by atoms with Crippen LogP contribution in [0, 0.1) is 0 Å². The molecule has 0 unspecified atom stereocenters. The van der Waals surface area contributed by atoms with Crippen LogP contribution in [0.3, 0.4) is 0 Å². The van der Waals surface area contributed by atoms with Gasteiger partial charge in [0.15, 0.2) is 0 Å². The molecule has 0 fully saturated rings. The zero-order chi connectivity index (χ0) is 22.1. The van der Waals surface area contributed by atoms with Gasteiger partial charge >= 0.3 is 0 Å². The molecule has 1 aromatic heterocycles. The fourth-order valence-corrected chi connectivity index (χ4v) is 4.41. The van der Waals surface area contributed by atoms with Gasteiger partial charge in [-0.2, -0.15) is 0 Å². The quantitative estimate of drug-likeness (QED) is 0.344. The second kappa shape index (κ2) is 11.8. The van der Waals surface area contributed by atoms with Crippen LogP contribution in [0.1, 0.15) is 40.6 Å². The number of unbranched alkanes of at least 4 members (excludes halogenated alkanes) is 1. The maximum atomic E-state index is 13.4. The van der Waals surface area contributed by atoms with Crippen LogP contribution in [0.25, 0.3) is 0 Å². The first-order valence-electron chi connectivity index (χ1n) is 10.5. The second-order valence-electron chi connectivity index (χ2n) is 7.41. The number of nitrogens with zero attached hydrogens (tertiary/aromatic N) is 2. The summed E-state index contributed by atoms with van der Waals surface area (Å²) in [4.78, 5) is 31.2. The van der Waals surface area contributed by atoms with Gasteiger partial charge in [-0.25, -0.2) is 0 Å². The highest BCUT2D eigenvalue weighted by Crippen LogP contribution is 2.17. The highest BCUT2D eigenvalue weighted by molar-refractivity contribution is 9.10. The normalized spacial score (nSPS) is 10.6. The van der Waals surface area contributed by atoms with Gasteiger partial charge in [0.1, 0.15) is 6.54 Å². The van der Waals surface area contributed by atoms with Crippen molar-refractivity contribution in [3.63, 3.8) is 0 Å². The molecule has 6 heteroatoms. The summed E-state index contributed by atoms with van der Waals surface area (Å²) in [5, 5.41) is 2.02. The molecule has 2 amide bonds. The summed E-state index contributed by atoms with van der Waals surface area (Å²) in [5.74, 6) is -0.157.